The maximum absolute atomic E-state index is 11.2. The first kappa shape index (κ1) is 12.4. The molecule has 0 saturated heterocycles. The lowest BCUT2D eigenvalue weighted by Gasteiger charge is -2.19. The minimum absolute atomic E-state index is 0.0613. The second-order valence-electron chi connectivity index (χ2n) is 3.46. The lowest BCUT2D eigenvalue weighted by molar-refractivity contribution is -0.186. The summed E-state index contributed by atoms with van der Waals surface area (Å²) < 4.78 is 0. The molecule has 0 fully saturated rings. The Kier molecular flexibility index (Phi) is 6.59. The molecular weight excluding hydrogens is 166 g/mol. The van der Waals surface area contributed by atoms with Gasteiger partial charge in [-0.3, -0.25) is 9.63 Å². The van der Waals surface area contributed by atoms with Gasteiger partial charge < -0.3 is 0 Å². The fraction of sp³-hybridized carbons (Fsp3) is 0.900. The van der Waals surface area contributed by atoms with Crippen LogP contribution in [0.2, 0.25) is 0 Å². The monoisotopic (exact) mass is 187 g/mol. The molecule has 0 radical (unpaired) electrons. The van der Waals surface area contributed by atoms with Crippen LogP contribution in [0.3, 0.4) is 0 Å². The van der Waals surface area contributed by atoms with E-state index in [2.05, 4.69) is 13.8 Å². The Hall–Kier alpha value is -0.570. The highest BCUT2D eigenvalue weighted by Crippen LogP contribution is 2.02. The van der Waals surface area contributed by atoms with Gasteiger partial charge in [-0.1, -0.05) is 20.8 Å². The standard InChI is InChI=1S/C10H21NO2/c1-5-10(12)11(6-2)13-8-7-9(3)4/h9H,5-8H2,1-4H3. The average Bonchev–Trinajstić information content (AvgIpc) is 2.11. The van der Waals surface area contributed by atoms with E-state index in [1.807, 2.05) is 13.8 Å². The van der Waals surface area contributed by atoms with Crippen molar-refractivity contribution in [2.75, 3.05) is 13.2 Å². The van der Waals surface area contributed by atoms with Gasteiger partial charge in [0.1, 0.15) is 0 Å². The largest absolute Gasteiger partial charge is 0.273 e. The summed E-state index contributed by atoms with van der Waals surface area (Å²) in [6, 6.07) is 0. The highest BCUT2D eigenvalue weighted by molar-refractivity contribution is 5.74. The summed E-state index contributed by atoms with van der Waals surface area (Å²) in [7, 11) is 0. The molecule has 0 aromatic rings. The van der Waals surface area contributed by atoms with E-state index < -0.39 is 0 Å². The van der Waals surface area contributed by atoms with Gasteiger partial charge in [-0.05, 0) is 19.3 Å². The van der Waals surface area contributed by atoms with Crippen LogP contribution in [-0.2, 0) is 9.63 Å². The topological polar surface area (TPSA) is 29.5 Å². The second-order valence-corrected chi connectivity index (χ2v) is 3.46. The predicted octanol–water partition coefficient (Wildman–Crippen LogP) is 2.22. The van der Waals surface area contributed by atoms with E-state index in [-0.39, 0.29) is 5.91 Å². The van der Waals surface area contributed by atoms with Crippen LogP contribution in [0.15, 0.2) is 0 Å². The highest BCUT2D eigenvalue weighted by Gasteiger charge is 2.09. The summed E-state index contributed by atoms with van der Waals surface area (Å²) in [6.07, 6.45) is 1.50. The van der Waals surface area contributed by atoms with Crippen LogP contribution in [0.5, 0.6) is 0 Å². The lowest BCUT2D eigenvalue weighted by atomic mass is 10.1. The van der Waals surface area contributed by atoms with Crippen molar-refractivity contribution in [2.24, 2.45) is 5.92 Å². The number of amides is 1. The molecule has 13 heavy (non-hydrogen) atoms. The first-order chi connectivity index (χ1) is 6.11. The highest BCUT2D eigenvalue weighted by atomic mass is 16.7. The summed E-state index contributed by atoms with van der Waals surface area (Å²) in [4.78, 5) is 16.6. The molecule has 0 aliphatic heterocycles. The van der Waals surface area contributed by atoms with Crippen molar-refractivity contribution < 1.29 is 9.63 Å². The van der Waals surface area contributed by atoms with Crippen LogP contribution in [0, 0.1) is 5.92 Å². The molecule has 0 aliphatic rings. The number of hydrogen-bond donors (Lipinski definition) is 0. The fourth-order valence-corrected chi connectivity index (χ4v) is 0.915. The Bertz CT molecular complexity index is 146. The van der Waals surface area contributed by atoms with E-state index in [1.165, 1.54) is 5.06 Å². The van der Waals surface area contributed by atoms with Crippen molar-refractivity contribution in [3.63, 3.8) is 0 Å². The molecule has 0 aromatic heterocycles. The predicted molar refractivity (Wildman–Crippen MR) is 53.1 cm³/mol. The summed E-state index contributed by atoms with van der Waals surface area (Å²) in [5, 5.41) is 1.45. The SMILES string of the molecule is CCC(=O)N(CC)OCCC(C)C. The minimum Gasteiger partial charge on any atom is -0.273 e. The molecule has 0 N–H and O–H groups in total. The molecule has 0 spiro atoms. The van der Waals surface area contributed by atoms with Crippen LogP contribution in [0.25, 0.3) is 0 Å². The fourth-order valence-electron chi connectivity index (χ4n) is 0.915. The van der Waals surface area contributed by atoms with Gasteiger partial charge in [0, 0.05) is 13.0 Å². The quantitative estimate of drug-likeness (QED) is 0.597. The van der Waals surface area contributed by atoms with Gasteiger partial charge in [-0.25, -0.2) is 5.06 Å². The lowest BCUT2D eigenvalue weighted by Crippen LogP contribution is -2.30. The van der Waals surface area contributed by atoms with Crippen LogP contribution in [-0.4, -0.2) is 24.1 Å². The maximum atomic E-state index is 11.2. The van der Waals surface area contributed by atoms with Crippen LogP contribution in [0.4, 0.5) is 0 Å². The summed E-state index contributed by atoms with van der Waals surface area (Å²) in [5.74, 6) is 0.682. The number of hydroxylamine groups is 2. The zero-order valence-electron chi connectivity index (χ0n) is 9.17. The molecule has 0 bridgehead atoms. The van der Waals surface area contributed by atoms with E-state index in [9.17, 15) is 4.79 Å². The van der Waals surface area contributed by atoms with E-state index in [4.69, 9.17) is 4.84 Å². The molecule has 0 atom stereocenters. The first-order valence-electron chi connectivity index (χ1n) is 5.05. The van der Waals surface area contributed by atoms with E-state index in [1.54, 1.807) is 0 Å². The Morgan fingerprint density at radius 3 is 2.38 bits per heavy atom. The van der Waals surface area contributed by atoms with Crippen molar-refractivity contribution >= 4 is 5.91 Å². The zero-order valence-corrected chi connectivity index (χ0v) is 9.17. The minimum atomic E-state index is 0.0613. The average molecular weight is 187 g/mol. The molecule has 78 valence electrons. The van der Waals surface area contributed by atoms with Crippen molar-refractivity contribution in [1.82, 2.24) is 5.06 Å². The molecule has 0 aliphatic carbocycles. The van der Waals surface area contributed by atoms with Crippen molar-refractivity contribution in [3.8, 4) is 0 Å². The van der Waals surface area contributed by atoms with Crippen molar-refractivity contribution in [2.45, 2.75) is 40.5 Å². The molecule has 3 nitrogen and oxygen atoms in total. The number of rotatable bonds is 6. The molecular formula is C10H21NO2. The van der Waals surface area contributed by atoms with Gasteiger partial charge in [0.15, 0.2) is 0 Å². The van der Waals surface area contributed by atoms with Gasteiger partial charge in [0.25, 0.3) is 0 Å². The number of hydrogen-bond acceptors (Lipinski definition) is 2. The zero-order chi connectivity index (χ0) is 10.3. The first-order valence-corrected chi connectivity index (χ1v) is 5.05. The number of carbonyl (C=O) groups excluding carboxylic acids is 1. The van der Waals surface area contributed by atoms with E-state index in [0.29, 0.717) is 25.5 Å². The van der Waals surface area contributed by atoms with Gasteiger partial charge >= 0.3 is 0 Å². The third kappa shape index (κ3) is 5.64. The third-order valence-corrected chi connectivity index (χ3v) is 1.81. The summed E-state index contributed by atoms with van der Waals surface area (Å²) in [5.41, 5.74) is 0. The summed E-state index contributed by atoms with van der Waals surface area (Å²) in [6.45, 7) is 9.31. The van der Waals surface area contributed by atoms with E-state index >= 15 is 0 Å². The third-order valence-electron chi connectivity index (χ3n) is 1.81. The van der Waals surface area contributed by atoms with Gasteiger partial charge in [-0.15, -0.1) is 0 Å². The molecule has 0 unspecified atom stereocenters. The number of carbonyl (C=O) groups is 1. The van der Waals surface area contributed by atoms with Crippen molar-refractivity contribution in [3.05, 3.63) is 0 Å². The van der Waals surface area contributed by atoms with Crippen molar-refractivity contribution in [1.29, 1.82) is 0 Å². The molecule has 1 amide bonds. The second kappa shape index (κ2) is 6.89. The van der Waals surface area contributed by atoms with Gasteiger partial charge in [0.2, 0.25) is 5.91 Å². The molecule has 0 saturated carbocycles. The summed E-state index contributed by atoms with van der Waals surface area (Å²) >= 11 is 0. The van der Waals surface area contributed by atoms with Crippen LogP contribution >= 0.6 is 0 Å². The Morgan fingerprint density at radius 1 is 1.38 bits per heavy atom. The Labute approximate surface area is 81.0 Å². The van der Waals surface area contributed by atoms with E-state index in [0.717, 1.165) is 6.42 Å². The molecule has 0 aromatic carbocycles. The Morgan fingerprint density at radius 2 is 2.00 bits per heavy atom. The Balaban J connectivity index is 3.66. The molecule has 3 heteroatoms. The normalized spacial score (nSPS) is 10.5. The number of nitrogens with zero attached hydrogens (tertiary/aromatic N) is 1. The van der Waals surface area contributed by atoms with Gasteiger partial charge in [0.05, 0.1) is 6.61 Å². The van der Waals surface area contributed by atoms with Crippen LogP contribution in [0.1, 0.15) is 40.5 Å². The molecule has 0 heterocycles. The molecule has 0 rings (SSSR count). The van der Waals surface area contributed by atoms with Crippen LogP contribution < -0.4 is 0 Å². The van der Waals surface area contributed by atoms with Gasteiger partial charge in [-0.2, -0.15) is 0 Å². The maximum Gasteiger partial charge on any atom is 0.245 e. The smallest absolute Gasteiger partial charge is 0.245 e.